The van der Waals surface area contributed by atoms with Crippen molar-refractivity contribution in [2.45, 2.75) is 32.1 Å². The molecule has 1 aromatic rings. The second-order valence-corrected chi connectivity index (χ2v) is 6.08. The van der Waals surface area contributed by atoms with Crippen LogP contribution >= 0.6 is 11.6 Å². The van der Waals surface area contributed by atoms with Crippen molar-refractivity contribution in [3.63, 3.8) is 0 Å². The molecular formula is C15H14ClNO4. The molecule has 0 atom stereocenters. The zero-order chi connectivity index (χ0) is 15.2. The Morgan fingerprint density at radius 1 is 1.24 bits per heavy atom. The highest BCUT2D eigenvalue weighted by molar-refractivity contribution is 6.34. The van der Waals surface area contributed by atoms with Crippen LogP contribution in [0.4, 0.5) is 5.69 Å². The summed E-state index contributed by atoms with van der Waals surface area (Å²) >= 11 is 5.82. The molecule has 5 nitrogen and oxygen atoms in total. The number of halogens is 1. The fourth-order valence-electron chi connectivity index (χ4n) is 3.31. The Bertz CT molecular complexity index is 649. The minimum absolute atomic E-state index is 0.0842. The summed E-state index contributed by atoms with van der Waals surface area (Å²) in [6.45, 7) is 0. The Hall–Kier alpha value is -1.88. The summed E-state index contributed by atoms with van der Waals surface area (Å²) in [6, 6.07) is 4.20. The zero-order valence-electron chi connectivity index (χ0n) is 11.3. The molecule has 0 aromatic heterocycles. The molecule has 1 aromatic carbocycles. The number of amides is 2. The average Bonchev–Trinajstić information content (AvgIpc) is 2.98. The molecule has 0 unspecified atom stereocenters. The minimum Gasteiger partial charge on any atom is -0.478 e. The summed E-state index contributed by atoms with van der Waals surface area (Å²) in [4.78, 5) is 37.1. The van der Waals surface area contributed by atoms with Gasteiger partial charge < -0.3 is 5.11 Å². The van der Waals surface area contributed by atoms with Gasteiger partial charge in [-0.3, -0.25) is 14.5 Å². The standard InChI is InChI=1S/C15H14ClNO4/c16-11-4-3-9(7-10(11)13(19)20)17-12(18)8-15(14(17)21)5-1-2-6-15/h3-4,7H,1-2,5-6,8H2,(H,19,20). The van der Waals surface area contributed by atoms with E-state index in [0.717, 1.165) is 30.6 Å². The molecule has 1 N–H and O–H groups in total. The van der Waals surface area contributed by atoms with Crippen LogP contribution in [0.1, 0.15) is 42.5 Å². The Labute approximate surface area is 126 Å². The van der Waals surface area contributed by atoms with E-state index >= 15 is 0 Å². The second kappa shape index (κ2) is 4.84. The lowest BCUT2D eigenvalue weighted by Crippen LogP contribution is -2.34. The van der Waals surface area contributed by atoms with Gasteiger partial charge in [0.2, 0.25) is 11.8 Å². The molecule has 1 aliphatic carbocycles. The first-order valence-corrected chi connectivity index (χ1v) is 7.23. The predicted octanol–water partition coefficient (Wildman–Crippen LogP) is 2.86. The molecule has 6 heteroatoms. The molecule has 21 heavy (non-hydrogen) atoms. The fourth-order valence-corrected chi connectivity index (χ4v) is 3.51. The number of nitrogens with zero attached hydrogens (tertiary/aromatic N) is 1. The molecule has 0 bridgehead atoms. The van der Waals surface area contributed by atoms with Gasteiger partial charge in [0, 0.05) is 6.42 Å². The molecule has 1 heterocycles. The summed E-state index contributed by atoms with van der Waals surface area (Å²) < 4.78 is 0. The van der Waals surface area contributed by atoms with E-state index in [1.165, 1.54) is 18.2 Å². The number of anilines is 1. The molecule has 3 rings (SSSR count). The van der Waals surface area contributed by atoms with E-state index in [0.29, 0.717) is 0 Å². The van der Waals surface area contributed by atoms with Gasteiger partial charge >= 0.3 is 5.97 Å². The van der Waals surface area contributed by atoms with E-state index < -0.39 is 11.4 Å². The van der Waals surface area contributed by atoms with Crippen LogP contribution in [-0.4, -0.2) is 22.9 Å². The van der Waals surface area contributed by atoms with E-state index in [4.69, 9.17) is 16.7 Å². The molecule has 1 saturated carbocycles. The van der Waals surface area contributed by atoms with E-state index in [1.54, 1.807) is 0 Å². The maximum atomic E-state index is 12.6. The van der Waals surface area contributed by atoms with Gasteiger partial charge in [0.05, 0.1) is 21.7 Å². The summed E-state index contributed by atoms with van der Waals surface area (Å²) in [6.07, 6.45) is 3.58. The Morgan fingerprint density at radius 2 is 1.90 bits per heavy atom. The van der Waals surface area contributed by atoms with Crippen molar-refractivity contribution >= 4 is 35.1 Å². The monoisotopic (exact) mass is 307 g/mol. The summed E-state index contributed by atoms with van der Waals surface area (Å²) in [5.41, 5.74) is -0.391. The number of rotatable bonds is 2. The number of imide groups is 1. The lowest BCUT2D eigenvalue weighted by molar-refractivity contribution is -0.125. The quantitative estimate of drug-likeness (QED) is 0.853. The number of carbonyl (C=O) groups excluding carboxylic acids is 2. The highest BCUT2D eigenvalue weighted by Gasteiger charge is 2.53. The highest BCUT2D eigenvalue weighted by Crippen LogP contribution is 2.48. The summed E-state index contributed by atoms with van der Waals surface area (Å²) in [5.74, 6) is -1.65. The molecule has 0 radical (unpaired) electrons. The zero-order valence-corrected chi connectivity index (χ0v) is 12.0. The molecular weight excluding hydrogens is 294 g/mol. The predicted molar refractivity (Wildman–Crippen MR) is 76.4 cm³/mol. The van der Waals surface area contributed by atoms with Crippen LogP contribution in [0.25, 0.3) is 0 Å². The topological polar surface area (TPSA) is 74.7 Å². The summed E-state index contributed by atoms with van der Waals surface area (Å²) in [7, 11) is 0. The molecule has 2 aliphatic rings. The van der Waals surface area contributed by atoms with Gasteiger partial charge in [0.1, 0.15) is 0 Å². The van der Waals surface area contributed by atoms with Crippen LogP contribution in [-0.2, 0) is 9.59 Å². The van der Waals surface area contributed by atoms with E-state index in [2.05, 4.69) is 0 Å². The van der Waals surface area contributed by atoms with E-state index in [1.807, 2.05) is 0 Å². The number of hydrogen-bond donors (Lipinski definition) is 1. The Morgan fingerprint density at radius 3 is 2.52 bits per heavy atom. The number of carbonyl (C=O) groups is 3. The number of hydrogen-bond acceptors (Lipinski definition) is 3. The first-order chi connectivity index (χ1) is 9.94. The minimum atomic E-state index is -1.18. The van der Waals surface area contributed by atoms with Gasteiger partial charge in [-0.25, -0.2) is 4.79 Å². The van der Waals surface area contributed by atoms with Crippen molar-refractivity contribution in [3.8, 4) is 0 Å². The van der Waals surface area contributed by atoms with Gasteiger partial charge in [-0.05, 0) is 31.0 Å². The van der Waals surface area contributed by atoms with Crippen molar-refractivity contribution < 1.29 is 19.5 Å². The first-order valence-electron chi connectivity index (χ1n) is 6.85. The molecule has 1 saturated heterocycles. The van der Waals surface area contributed by atoms with Crippen molar-refractivity contribution in [1.82, 2.24) is 0 Å². The molecule has 2 amide bonds. The normalized spacial score (nSPS) is 20.5. The first kappa shape index (κ1) is 14.1. The molecule has 110 valence electrons. The number of carboxylic acids is 1. The number of aromatic carboxylic acids is 1. The van der Waals surface area contributed by atoms with E-state index in [-0.39, 0.29) is 34.5 Å². The Kier molecular flexibility index (Phi) is 3.24. The van der Waals surface area contributed by atoms with Crippen LogP contribution in [0.15, 0.2) is 18.2 Å². The molecule has 1 aliphatic heterocycles. The third-order valence-electron chi connectivity index (χ3n) is 4.39. The van der Waals surface area contributed by atoms with Gasteiger partial charge in [0.15, 0.2) is 0 Å². The third-order valence-corrected chi connectivity index (χ3v) is 4.72. The van der Waals surface area contributed by atoms with Gasteiger partial charge in [0.25, 0.3) is 0 Å². The third kappa shape index (κ3) is 2.12. The smallest absolute Gasteiger partial charge is 0.337 e. The van der Waals surface area contributed by atoms with Crippen molar-refractivity contribution in [2.75, 3.05) is 4.90 Å². The van der Waals surface area contributed by atoms with Crippen LogP contribution in [0.5, 0.6) is 0 Å². The van der Waals surface area contributed by atoms with Crippen LogP contribution in [0, 0.1) is 5.41 Å². The van der Waals surface area contributed by atoms with Crippen LogP contribution < -0.4 is 4.90 Å². The van der Waals surface area contributed by atoms with Crippen molar-refractivity contribution in [1.29, 1.82) is 0 Å². The Balaban J connectivity index is 2.01. The lowest BCUT2D eigenvalue weighted by atomic mass is 9.84. The number of benzene rings is 1. The SMILES string of the molecule is O=C(O)c1cc(N2C(=O)CC3(CCCC3)C2=O)ccc1Cl. The van der Waals surface area contributed by atoms with Crippen molar-refractivity contribution in [3.05, 3.63) is 28.8 Å². The largest absolute Gasteiger partial charge is 0.478 e. The van der Waals surface area contributed by atoms with Crippen LogP contribution in [0.3, 0.4) is 0 Å². The van der Waals surface area contributed by atoms with Gasteiger partial charge in [-0.15, -0.1) is 0 Å². The fraction of sp³-hybridized carbons (Fsp3) is 0.400. The molecule has 1 spiro atoms. The highest BCUT2D eigenvalue weighted by atomic mass is 35.5. The van der Waals surface area contributed by atoms with Gasteiger partial charge in [-0.1, -0.05) is 24.4 Å². The lowest BCUT2D eigenvalue weighted by Gasteiger charge is -2.21. The van der Waals surface area contributed by atoms with Crippen LogP contribution in [0.2, 0.25) is 5.02 Å². The second-order valence-electron chi connectivity index (χ2n) is 5.67. The van der Waals surface area contributed by atoms with E-state index in [9.17, 15) is 14.4 Å². The van der Waals surface area contributed by atoms with Gasteiger partial charge in [-0.2, -0.15) is 0 Å². The maximum Gasteiger partial charge on any atom is 0.337 e. The molecule has 2 fully saturated rings. The average molecular weight is 308 g/mol. The van der Waals surface area contributed by atoms with Crippen molar-refractivity contribution in [2.24, 2.45) is 5.41 Å². The summed E-state index contributed by atoms with van der Waals surface area (Å²) in [5, 5.41) is 9.18. The maximum absolute atomic E-state index is 12.6. The number of carboxylic acid groups (broad SMARTS) is 1.